The molecule has 1 heterocycles. The van der Waals surface area contributed by atoms with Crippen LogP contribution in [0.1, 0.15) is 6.92 Å². The summed E-state index contributed by atoms with van der Waals surface area (Å²) in [5, 5.41) is 9.68. The summed E-state index contributed by atoms with van der Waals surface area (Å²) in [6, 6.07) is 0. The molecule has 94 valence electrons. The number of ether oxygens (including phenoxy) is 4. The van der Waals surface area contributed by atoms with Gasteiger partial charge in [0.2, 0.25) is 0 Å². The lowest BCUT2D eigenvalue weighted by molar-refractivity contribution is -0.293. The number of hydrogen-bond acceptors (Lipinski definition) is 5. The molecule has 0 amide bonds. The molecule has 0 aromatic rings. The van der Waals surface area contributed by atoms with Crippen LogP contribution in [-0.4, -0.2) is 56.6 Å². The minimum atomic E-state index is -0.992. The monoisotopic (exact) mass is 232 g/mol. The first-order chi connectivity index (χ1) is 7.65. The maximum Gasteiger partial charge on any atom is 0.184 e. The SMILES string of the molecule is C=CCO[C@@H]1[C@@H](OC)[C@@H](OC)[C@H](O)O[C@H]1C. The minimum absolute atomic E-state index is 0.258. The van der Waals surface area contributed by atoms with E-state index in [9.17, 15) is 5.11 Å². The molecule has 0 aromatic heterocycles. The molecule has 16 heavy (non-hydrogen) atoms. The van der Waals surface area contributed by atoms with Crippen molar-refractivity contribution in [2.45, 2.75) is 37.6 Å². The predicted octanol–water partition coefficient (Wildman–Crippen LogP) is 0.325. The zero-order chi connectivity index (χ0) is 12.1. The number of hydrogen-bond donors (Lipinski definition) is 1. The summed E-state index contributed by atoms with van der Waals surface area (Å²) in [7, 11) is 3.07. The maximum atomic E-state index is 9.68. The third kappa shape index (κ3) is 2.81. The van der Waals surface area contributed by atoms with Gasteiger partial charge >= 0.3 is 0 Å². The zero-order valence-corrected chi connectivity index (χ0v) is 9.96. The molecule has 0 unspecified atom stereocenters. The Morgan fingerprint density at radius 2 is 1.88 bits per heavy atom. The molecular formula is C11H20O5. The van der Waals surface area contributed by atoms with E-state index in [1.54, 1.807) is 13.2 Å². The lowest BCUT2D eigenvalue weighted by Gasteiger charge is -2.42. The fourth-order valence-electron chi connectivity index (χ4n) is 1.92. The molecule has 0 radical (unpaired) electrons. The largest absolute Gasteiger partial charge is 0.376 e. The lowest BCUT2D eigenvalue weighted by Crippen LogP contribution is -2.58. The second-order valence-corrected chi connectivity index (χ2v) is 3.72. The molecule has 1 rings (SSSR count). The Hall–Kier alpha value is -0.460. The van der Waals surface area contributed by atoms with E-state index in [0.717, 1.165) is 0 Å². The number of rotatable bonds is 5. The Morgan fingerprint density at radius 3 is 2.38 bits per heavy atom. The van der Waals surface area contributed by atoms with Crippen molar-refractivity contribution in [3.63, 3.8) is 0 Å². The molecule has 0 aromatic carbocycles. The van der Waals surface area contributed by atoms with Gasteiger partial charge in [-0.25, -0.2) is 0 Å². The summed E-state index contributed by atoms with van der Waals surface area (Å²) in [6.45, 7) is 5.82. The van der Waals surface area contributed by atoms with E-state index in [1.807, 2.05) is 6.92 Å². The Labute approximate surface area is 95.9 Å². The Bertz CT molecular complexity index is 220. The molecule has 5 heteroatoms. The average Bonchev–Trinajstić information content (AvgIpc) is 2.27. The van der Waals surface area contributed by atoms with Crippen molar-refractivity contribution >= 4 is 0 Å². The highest BCUT2D eigenvalue weighted by atomic mass is 16.7. The van der Waals surface area contributed by atoms with E-state index in [1.165, 1.54) is 7.11 Å². The van der Waals surface area contributed by atoms with Gasteiger partial charge in [0, 0.05) is 14.2 Å². The van der Waals surface area contributed by atoms with Crippen molar-refractivity contribution in [2.75, 3.05) is 20.8 Å². The van der Waals surface area contributed by atoms with Crippen LogP contribution in [0.5, 0.6) is 0 Å². The average molecular weight is 232 g/mol. The van der Waals surface area contributed by atoms with E-state index in [-0.39, 0.29) is 18.3 Å². The highest BCUT2D eigenvalue weighted by Crippen LogP contribution is 2.25. The molecule has 1 N–H and O–H groups in total. The molecule has 0 bridgehead atoms. The Balaban J connectivity index is 2.73. The van der Waals surface area contributed by atoms with Gasteiger partial charge in [0.1, 0.15) is 18.3 Å². The van der Waals surface area contributed by atoms with Gasteiger partial charge in [-0.1, -0.05) is 6.08 Å². The van der Waals surface area contributed by atoms with E-state index in [0.29, 0.717) is 6.61 Å². The third-order valence-electron chi connectivity index (χ3n) is 2.70. The second kappa shape index (κ2) is 6.32. The first-order valence-electron chi connectivity index (χ1n) is 5.27. The van der Waals surface area contributed by atoms with Crippen LogP contribution in [0.4, 0.5) is 0 Å². The van der Waals surface area contributed by atoms with Crippen molar-refractivity contribution in [1.29, 1.82) is 0 Å². The highest BCUT2D eigenvalue weighted by Gasteiger charge is 2.44. The van der Waals surface area contributed by atoms with Crippen molar-refractivity contribution in [3.8, 4) is 0 Å². The Morgan fingerprint density at radius 1 is 1.25 bits per heavy atom. The first-order valence-corrected chi connectivity index (χ1v) is 5.27. The van der Waals surface area contributed by atoms with Gasteiger partial charge in [0.25, 0.3) is 0 Å². The summed E-state index contributed by atoms with van der Waals surface area (Å²) in [5.41, 5.74) is 0. The molecule has 0 saturated carbocycles. The van der Waals surface area contributed by atoms with Gasteiger partial charge < -0.3 is 24.1 Å². The second-order valence-electron chi connectivity index (χ2n) is 3.72. The molecule has 1 aliphatic rings. The summed E-state index contributed by atoms with van der Waals surface area (Å²) < 4.78 is 21.4. The predicted molar refractivity (Wildman–Crippen MR) is 58.1 cm³/mol. The molecule has 1 saturated heterocycles. The summed E-state index contributed by atoms with van der Waals surface area (Å²) >= 11 is 0. The van der Waals surface area contributed by atoms with Gasteiger partial charge in [-0.3, -0.25) is 0 Å². The standard InChI is InChI=1S/C11H20O5/c1-5-6-15-8-7(2)16-11(12)10(14-4)9(8)13-3/h5,7-12H,1,6H2,2-4H3/t7-,8-,9+,10+,11+/m0/s1. The topological polar surface area (TPSA) is 57.2 Å². The fraction of sp³-hybridized carbons (Fsp3) is 0.818. The quantitative estimate of drug-likeness (QED) is 0.692. The molecule has 5 nitrogen and oxygen atoms in total. The van der Waals surface area contributed by atoms with Crippen molar-refractivity contribution < 1.29 is 24.1 Å². The fourth-order valence-corrected chi connectivity index (χ4v) is 1.92. The minimum Gasteiger partial charge on any atom is -0.376 e. The van der Waals surface area contributed by atoms with Crippen LogP contribution in [0.25, 0.3) is 0 Å². The van der Waals surface area contributed by atoms with Crippen LogP contribution in [0.3, 0.4) is 0 Å². The van der Waals surface area contributed by atoms with Crippen LogP contribution in [0.2, 0.25) is 0 Å². The van der Waals surface area contributed by atoms with Gasteiger partial charge in [-0.05, 0) is 6.92 Å². The smallest absolute Gasteiger partial charge is 0.184 e. The van der Waals surface area contributed by atoms with Crippen molar-refractivity contribution in [1.82, 2.24) is 0 Å². The van der Waals surface area contributed by atoms with Gasteiger partial charge in [-0.2, -0.15) is 0 Å². The van der Waals surface area contributed by atoms with Crippen molar-refractivity contribution in [2.24, 2.45) is 0 Å². The van der Waals surface area contributed by atoms with Gasteiger partial charge in [0.05, 0.1) is 12.7 Å². The van der Waals surface area contributed by atoms with Crippen LogP contribution >= 0.6 is 0 Å². The van der Waals surface area contributed by atoms with Crippen LogP contribution in [0.15, 0.2) is 12.7 Å². The van der Waals surface area contributed by atoms with Crippen molar-refractivity contribution in [3.05, 3.63) is 12.7 Å². The van der Waals surface area contributed by atoms with Crippen LogP contribution in [-0.2, 0) is 18.9 Å². The highest BCUT2D eigenvalue weighted by molar-refractivity contribution is 4.90. The molecule has 0 aliphatic carbocycles. The molecule has 1 aliphatic heterocycles. The van der Waals surface area contributed by atoms with E-state index in [2.05, 4.69) is 6.58 Å². The maximum absolute atomic E-state index is 9.68. The van der Waals surface area contributed by atoms with E-state index >= 15 is 0 Å². The summed E-state index contributed by atoms with van der Waals surface area (Å²) in [4.78, 5) is 0. The van der Waals surface area contributed by atoms with E-state index < -0.39 is 12.4 Å². The third-order valence-corrected chi connectivity index (χ3v) is 2.70. The van der Waals surface area contributed by atoms with Gasteiger partial charge in [-0.15, -0.1) is 6.58 Å². The van der Waals surface area contributed by atoms with Crippen LogP contribution < -0.4 is 0 Å². The number of aliphatic hydroxyl groups excluding tert-OH is 1. The molecule has 1 fully saturated rings. The summed E-state index contributed by atoms with van der Waals surface area (Å²) in [6.07, 6.45) is -0.775. The molecule has 5 atom stereocenters. The van der Waals surface area contributed by atoms with Gasteiger partial charge in [0.15, 0.2) is 6.29 Å². The Kier molecular flexibility index (Phi) is 5.37. The number of methoxy groups -OCH3 is 2. The number of aliphatic hydroxyl groups is 1. The van der Waals surface area contributed by atoms with E-state index in [4.69, 9.17) is 18.9 Å². The zero-order valence-electron chi connectivity index (χ0n) is 9.96. The normalized spacial score (nSPS) is 39.6. The molecule has 0 spiro atoms. The van der Waals surface area contributed by atoms with Crippen LogP contribution in [0, 0.1) is 0 Å². The lowest BCUT2D eigenvalue weighted by atomic mass is 9.99. The first kappa shape index (κ1) is 13.6. The summed E-state index contributed by atoms with van der Waals surface area (Å²) in [5.74, 6) is 0. The molecular weight excluding hydrogens is 212 g/mol.